The molecule has 3 rings (SSSR count). The zero-order chi connectivity index (χ0) is 18.7. The first-order valence-corrected chi connectivity index (χ1v) is 9.02. The van der Waals surface area contributed by atoms with Crippen LogP contribution in [0.4, 0.5) is 15.8 Å². The molecule has 0 bridgehead atoms. The molecule has 1 heterocycles. The van der Waals surface area contributed by atoms with E-state index in [0.717, 1.165) is 0 Å². The lowest BCUT2D eigenvalue weighted by Crippen LogP contribution is -2.30. The lowest BCUT2D eigenvalue weighted by Gasteiger charge is -2.09. The molecule has 1 saturated heterocycles. The number of aliphatic imine (C=N–C) groups is 1. The van der Waals surface area contributed by atoms with Crippen molar-refractivity contribution in [1.29, 1.82) is 0 Å². The third kappa shape index (κ3) is 4.42. The van der Waals surface area contributed by atoms with Crippen LogP contribution in [-0.2, 0) is 9.59 Å². The molecule has 1 fully saturated rings. The summed E-state index contributed by atoms with van der Waals surface area (Å²) < 4.78 is 13.3. The minimum atomic E-state index is -0.577. The Labute approximate surface area is 159 Å². The number of carbonyl (C=O) groups is 2. The summed E-state index contributed by atoms with van der Waals surface area (Å²) in [7, 11) is 1.59. The average molecular weight is 392 g/mol. The molecule has 0 spiro atoms. The number of anilines is 1. The van der Waals surface area contributed by atoms with Crippen molar-refractivity contribution in [2.45, 2.75) is 11.7 Å². The Hall–Kier alpha value is -2.38. The number of hydrogen-bond donors (Lipinski definition) is 1. The molecule has 2 amide bonds. The van der Waals surface area contributed by atoms with Crippen molar-refractivity contribution in [1.82, 2.24) is 4.90 Å². The number of nitrogens with zero attached hydrogens (tertiary/aromatic N) is 2. The van der Waals surface area contributed by atoms with Crippen molar-refractivity contribution >= 4 is 51.7 Å². The summed E-state index contributed by atoms with van der Waals surface area (Å²) in [5, 5.41) is 3.09. The Morgan fingerprint density at radius 3 is 2.81 bits per heavy atom. The predicted octanol–water partition coefficient (Wildman–Crippen LogP) is 4.07. The number of benzene rings is 2. The van der Waals surface area contributed by atoms with Gasteiger partial charge in [-0.15, -0.1) is 0 Å². The van der Waals surface area contributed by atoms with Gasteiger partial charge in [-0.05, 0) is 36.4 Å². The maximum atomic E-state index is 13.3. The summed E-state index contributed by atoms with van der Waals surface area (Å²) in [6.07, 6.45) is 0.00250. The Morgan fingerprint density at radius 1 is 1.31 bits per heavy atom. The molecule has 1 N–H and O–H groups in total. The molecule has 0 unspecified atom stereocenters. The fourth-order valence-corrected chi connectivity index (χ4v) is 3.74. The SMILES string of the molecule is CN1C(=O)[C@@H](CC(=O)Nc2cccc(Cl)c2)SC1=Nc1cccc(F)c1. The van der Waals surface area contributed by atoms with Crippen LogP contribution in [-0.4, -0.2) is 34.2 Å². The predicted molar refractivity (Wildman–Crippen MR) is 102 cm³/mol. The zero-order valence-electron chi connectivity index (χ0n) is 13.8. The lowest BCUT2D eigenvalue weighted by molar-refractivity contribution is -0.127. The van der Waals surface area contributed by atoms with Crippen LogP contribution in [0.1, 0.15) is 6.42 Å². The maximum absolute atomic E-state index is 13.3. The highest BCUT2D eigenvalue weighted by Crippen LogP contribution is 2.31. The molecule has 1 aliphatic rings. The van der Waals surface area contributed by atoms with E-state index in [1.165, 1.54) is 28.8 Å². The molecule has 2 aromatic rings. The molecule has 26 heavy (non-hydrogen) atoms. The second-order valence-corrected chi connectivity index (χ2v) is 7.25. The lowest BCUT2D eigenvalue weighted by atomic mass is 10.2. The van der Waals surface area contributed by atoms with E-state index in [1.807, 2.05) is 0 Å². The van der Waals surface area contributed by atoms with Crippen molar-refractivity contribution in [3.8, 4) is 0 Å². The molecule has 8 heteroatoms. The molecule has 0 aromatic heterocycles. The van der Waals surface area contributed by atoms with Crippen molar-refractivity contribution in [2.24, 2.45) is 4.99 Å². The van der Waals surface area contributed by atoms with E-state index in [-0.39, 0.29) is 18.2 Å². The summed E-state index contributed by atoms with van der Waals surface area (Å²) in [4.78, 5) is 30.3. The van der Waals surface area contributed by atoms with E-state index in [1.54, 1.807) is 43.4 Å². The quantitative estimate of drug-likeness (QED) is 0.854. The molecule has 134 valence electrons. The van der Waals surface area contributed by atoms with Crippen molar-refractivity contribution in [3.63, 3.8) is 0 Å². The van der Waals surface area contributed by atoms with Gasteiger partial charge in [0.25, 0.3) is 0 Å². The van der Waals surface area contributed by atoms with E-state index in [9.17, 15) is 14.0 Å². The number of amidine groups is 1. The molecule has 0 aliphatic carbocycles. The zero-order valence-corrected chi connectivity index (χ0v) is 15.4. The van der Waals surface area contributed by atoms with Gasteiger partial charge in [0.1, 0.15) is 11.1 Å². The molecule has 1 atom stereocenters. The minimum absolute atomic E-state index is 0.00250. The van der Waals surface area contributed by atoms with Crippen LogP contribution in [0.5, 0.6) is 0 Å². The number of halogens is 2. The van der Waals surface area contributed by atoms with E-state index < -0.39 is 11.1 Å². The fraction of sp³-hybridized carbons (Fsp3) is 0.167. The summed E-state index contributed by atoms with van der Waals surface area (Å²) in [5.74, 6) is -0.911. The molecular weight excluding hydrogens is 377 g/mol. The van der Waals surface area contributed by atoms with Crippen molar-refractivity contribution < 1.29 is 14.0 Å². The van der Waals surface area contributed by atoms with Gasteiger partial charge in [-0.3, -0.25) is 14.5 Å². The number of carbonyl (C=O) groups excluding carboxylic acids is 2. The standard InChI is InChI=1S/C18H15ClFN3O2S/c1-23-17(25)15(10-16(24)21-13-6-2-4-11(19)8-13)26-18(23)22-14-7-3-5-12(20)9-14/h2-9,15H,10H2,1H3,(H,21,24)/t15-/m1/s1. The maximum Gasteiger partial charge on any atom is 0.242 e. The normalized spacial score (nSPS) is 18.4. The van der Waals surface area contributed by atoms with Crippen LogP contribution in [0.25, 0.3) is 0 Å². The highest BCUT2D eigenvalue weighted by atomic mass is 35.5. The van der Waals surface area contributed by atoms with Gasteiger partial charge in [0.05, 0.1) is 5.69 Å². The highest BCUT2D eigenvalue weighted by molar-refractivity contribution is 8.15. The van der Waals surface area contributed by atoms with Gasteiger partial charge in [0.2, 0.25) is 11.8 Å². The fourth-order valence-electron chi connectivity index (χ4n) is 2.40. The van der Waals surface area contributed by atoms with Gasteiger partial charge in [-0.1, -0.05) is 35.5 Å². The molecule has 5 nitrogen and oxygen atoms in total. The van der Waals surface area contributed by atoms with E-state index in [2.05, 4.69) is 10.3 Å². The second kappa shape index (κ2) is 7.88. The van der Waals surface area contributed by atoms with Gasteiger partial charge in [-0.2, -0.15) is 0 Å². The first kappa shape index (κ1) is 18.4. The molecule has 2 aromatic carbocycles. The third-order valence-corrected chi connectivity index (χ3v) is 5.12. The monoisotopic (exact) mass is 391 g/mol. The summed E-state index contributed by atoms with van der Waals surface area (Å²) >= 11 is 7.08. The van der Waals surface area contributed by atoms with Gasteiger partial charge >= 0.3 is 0 Å². The van der Waals surface area contributed by atoms with Crippen LogP contribution in [0.2, 0.25) is 5.02 Å². The number of rotatable bonds is 4. The van der Waals surface area contributed by atoms with Crippen LogP contribution in [0, 0.1) is 5.82 Å². The average Bonchev–Trinajstić information content (AvgIpc) is 2.83. The minimum Gasteiger partial charge on any atom is -0.326 e. The first-order chi connectivity index (χ1) is 12.4. The Balaban J connectivity index is 1.67. The molecule has 0 radical (unpaired) electrons. The second-order valence-electron chi connectivity index (χ2n) is 5.64. The number of hydrogen-bond acceptors (Lipinski definition) is 4. The Morgan fingerprint density at radius 2 is 2.08 bits per heavy atom. The van der Waals surface area contributed by atoms with Gasteiger partial charge in [0.15, 0.2) is 5.17 Å². The van der Waals surface area contributed by atoms with Gasteiger partial charge in [-0.25, -0.2) is 9.38 Å². The Kier molecular flexibility index (Phi) is 5.58. The molecule has 0 saturated carbocycles. The largest absolute Gasteiger partial charge is 0.326 e. The van der Waals surface area contributed by atoms with Crippen molar-refractivity contribution in [2.75, 3.05) is 12.4 Å². The van der Waals surface area contributed by atoms with E-state index in [4.69, 9.17) is 11.6 Å². The van der Waals surface area contributed by atoms with E-state index >= 15 is 0 Å². The summed E-state index contributed by atoms with van der Waals surface area (Å²) in [6.45, 7) is 0. The Bertz CT molecular complexity index is 890. The van der Waals surface area contributed by atoms with Gasteiger partial charge < -0.3 is 5.32 Å². The van der Waals surface area contributed by atoms with Crippen LogP contribution < -0.4 is 5.32 Å². The van der Waals surface area contributed by atoms with E-state index in [0.29, 0.717) is 21.6 Å². The van der Waals surface area contributed by atoms with Crippen LogP contribution >= 0.6 is 23.4 Å². The molecule has 1 aliphatic heterocycles. The summed E-state index contributed by atoms with van der Waals surface area (Å²) in [6, 6.07) is 12.6. The smallest absolute Gasteiger partial charge is 0.242 e. The first-order valence-electron chi connectivity index (χ1n) is 7.76. The number of nitrogens with one attached hydrogen (secondary N) is 1. The van der Waals surface area contributed by atoms with Crippen molar-refractivity contribution in [3.05, 3.63) is 59.4 Å². The highest BCUT2D eigenvalue weighted by Gasteiger charge is 2.37. The number of thioether (sulfide) groups is 1. The summed E-state index contributed by atoms with van der Waals surface area (Å²) in [5.41, 5.74) is 0.983. The van der Waals surface area contributed by atoms with Crippen LogP contribution in [0.15, 0.2) is 53.5 Å². The van der Waals surface area contributed by atoms with Crippen LogP contribution in [0.3, 0.4) is 0 Å². The third-order valence-electron chi connectivity index (χ3n) is 3.65. The molecular formula is C18H15ClFN3O2S. The number of amides is 2. The van der Waals surface area contributed by atoms with Gasteiger partial charge in [0, 0.05) is 24.2 Å². The topological polar surface area (TPSA) is 61.8 Å².